The van der Waals surface area contributed by atoms with Gasteiger partial charge in [0.1, 0.15) is 22.8 Å². The molecule has 0 bridgehead atoms. The number of pyridine rings is 2. The number of carbonyl (C=O) groups excluding carboxylic acids is 2. The standard InChI is InChI=1S/C24H21N3O5/c1-31-17-6-3-7-18(32-2)19(17)22(28)20-21(16-8-11-25-12-9-16)27(24(30)23(20)29)14-15-5-4-10-26-13-15/h3-13,21,28H,14H2,1-2H3/b22-20+. The quantitative estimate of drug-likeness (QED) is 0.363. The minimum atomic E-state index is -0.826. The molecule has 0 spiro atoms. The normalized spacial score (nSPS) is 17.4. The molecule has 0 radical (unpaired) electrons. The smallest absolute Gasteiger partial charge is 0.295 e. The van der Waals surface area contributed by atoms with Crippen LogP contribution in [0.15, 0.2) is 72.8 Å². The van der Waals surface area contributed by atoms with E-state index in [-0.39, 0.29) is 23.4 Å². The number of aromatic nitrogens is 2. The van der Waals surface area contributed by atoms with Gasteiger partial charge in [-0.25, -0.2) is 0 Å². The summed E-state index contributed by atoms with van der Waals surface area (Å²) in [5.74, 6) is -1.25. The Morgan fingerprint density at radius 2 is 1.66 bits per heavy atom. The van der Waals surface area contributed by atoms with Crippen LogP contribution < -0.4 is 9.47 Å². The van der Waals surface area contributed by atoms with Crippen LogP contribution in [0.3, 0.4) is 0 Å². The molecule has 1 saturated heterocycles. The second-order valence-corrected chi connectivity index (χ2v) is 7.11. The van der Waals surface area contributed by atoms with Gasteiger partial charge in [-0.1, -0.05) is 12.1 Å². The predicted octanol–water partition coefficient (Wildman–Crippen LogP) is 3.12. The molecule has 1 fully saturated rings. The van der Waals surface area contributed by atoms with E-state index in [1.165, 1.54) is 19.1 Å². The number of rotatable bonds is 6. The van der Waals surface area contributed by atoms with E-state index in [2.05, 4.69) is 9.97 Å². The molecular weight excluding hydrogens is 410 g/mol. The summed E-state index contributed by atoms with van der Waals surface area (Å²) >= 11 is 0. The van der Waals surface area contributed by atoms with Gasteiger partial charge in [-0.2, -0.15) is 0 Å². The first-order valence-electron chi connectivity index (χ1n) is 9.85. The molecule has 1 N–H and O–H groups in total. The number of ketones is 1. The summed E-state index contributed by atoms with van der Waals surface area (Å²) in [5, 5.41) is 11.3. The maximum Gasteiger partial charge on any atom is 0.295 e. The summed E-state index contributed by atoms with van der Waals surface area (Å²) in [6, 6.07) is 11.2. The third-order valence-electron chi connectivity index (χ3n) is 5.30. The van der Waals surface area contributed by atoms with Crippen molar-refractivity contribution in [2.75, 3.05) is 14.2 Å². The number of hydrogen-bond donors (Lipinski definition) is 1. The third kappa shape index (κ3) is 3.66. The van der Waals surface area contributed by atoms with Crippen molar-refractivity contribution in [3.63, 3.8) is 0 Å². The Hall–Kier alpha value is -4.20. The lowest BCUT2D eigenvalue weighted by molar-refractivity contribution is -0.140. The molecule has 1 aromatic carbocycles. The predicted molar refractivity (Wildman–Crippen MR) is 116 cm³/mol. The summed E-state index contributed by atoms with van der Waals surface area (Å²) in [4.78, 5) is 35.8. The number of ether oxygens (including phenoxy) is 2. The number of carbonyl (C=O) groups is 2. The summed E-state index contributed by atoms with van der Waals surface area (Å²) in [7, 11) is 2.90. The molecule has 8 heteroatoms. The van der Waals surface area contributed by atoms with Gasteiger partial charge in [-0.05, 0) is 41.5 Å². The molecule has 2 aromatic heterocycles. The molecule has 0 saturated carbocycles. The van der Waals surface area contributed by atoms with Crippen molar-refractivity contribution < 1.29 is 24.2 Å². The zero-order chi connectivity index (χ0) is 22.7. The fraction of sp³-hybridized carbons (Fsp3) is 0.167. The maximum absolute atomic E-state index is 13.2. The highest BCUT2D eigenvalue weighted by Crippen LogP contribution is 2.43. The number of benzene rings is 1. The highest BCUT2D eigenvalue weighted by molar-refractivity contribution is 6.46. The lowest BCUT2D eigenvalue weighted by Gasteiger charge is -2.25. The highest BCUT2D eigenvalue weighted by atomic mass is 16.5. The second-order valence-electron chi connectivity index (χ2n) is 7.11. The zero-order valence-electron chi connectivity index (χ0n) is 17.6. The summed E-state index contributed by atoms with van der Waals surface area (Å²) in [6.45, 7) is 0.144. The van der Waals surface area contributed by atoms with Crippen LogP contribution in [0.1, 0.15) is 22.7 Å². The Bertz CT molecular complexity index is 1160. The van der Waals surface area contributed by atoms with Crippen molar-refractivity contribution in [3.05, 3.63) is 89.5 Å². The van der Waals surface area contributed by atoms with E-state index in [4.69, 9.17) is 9.47 Å². The van der Waals surface area contributed by atoms with Crippen LogP contribution in [0, 0.1) is 0 Å². The molecule has 32 heavy (non-hydrogen) atoms. The maximum atomic E-state index is 13.2. The van der Waals surface area contributed by atoms with Crippen LogP contribution in [0.2, 0.25) is 0 Å². The molecule has 1 atom stereocenters. The van der Waals surface area contributed by atoms with Crippen molar-refractivity contribution in [2.45, 2.75) is 12.6 Å². The summed E-state index contributed by atoms with van der Waals surface area (Å²) in [5.41, 5.74) is 1.55. The van der Waals surface area contributed by atoms with E-state index in [0.717, 1.165) is 5.56 Å². The van der Waals surface area contributed by atoms with Gasteiger partial charge in [0.15, 0.2) is 0 Å². The highest BCUT2D eigenvalue weighted by Gasteiger charge is 2.46. The van der Waals surface area contributed by atoms with Crippen LogP contribution >= 0.6 is 0 Å². The number of amides is 1. The fourth-order valence-electron chi connectivity index (χ4n) is 3.84. The van der Waals surface area contributed by atoms with E-state index in [9.17, 15) is 14.7 Å². The number of aliphatic hydroxyl groups excluding tert-OH is 1. The van der Waals surface area contributed by atoms with E-state index < -0.39 is 17.7 Å². The lowest BCUT2D eigenvalue weighted by atomic mass is 9.95. The van der Waals surface area contributed by atoms with E-state index >= 15 is 0 Å². The van der Waals surface area contributed by atoms with Gasteiger partial charge in [0.05, 0.1) is 25.8 Å². The first-order chi connectivity index (χ1) is 15.6. The lowest BCUT2D eigenvalue weighted by Crippen LogP contribution is -2.29. The van der Waals surface area contributed by atoms with E-state index in [1.807, 2.05) is 6.07 Å². The van der Waals surface area contributed by atoms with Gasteiger partial charge in [0, 0.05) is 31.3 Å². The Morgan fingerprint density at radius 3 is 2.25 bits per heavy atom. The van der Waals surface area contributed by atoms with Crippen molar-refractivity contribution >= 4 is 17.4 Å². The third-order valence-corrected chi connectivity index (χ3v) is 5.30. The average Bonchev–Trinajstić information content (AvgIpc) is 3.09. The molecule has 1 unspecified atom stereocenters. The number of likely N-dealkylation sites (tertiary alicyclic amines) is 1. The van der Waals surface area contributed by atoms with Gasteiger partial charge in [0.2, 0.25) is 0 Å². The molecular formula is C24H21N3O5. The Labute approximate surface area is 184 Å². The molecule has 0 aliphatic carbocycles. The number of aliphatic hydroxyl groups is 1. The average molecular weight is 431 g/mol. The number of methoxy groups -OCH3 is 2. The van der Waals surface area contributed by atoms with E-state index in [1.54, 1.807) is 61.2 Å². The van der Waals surface area contributed by atoms with E-state index in [0.29, 0.717) is 17.1 Å². The second kappa shape index (κ2) is 8.89. The van der Waals surface area contributed by atoms with Crippen LogP contribution in [0.25, 0.3) is 5.76 Å². The molecule has 3 aromatic rings. The Kier molecular flexibility index (Phi) is 5.85. The molecule has 1 aliphatic heterocycles. The molecule has 3 heterocycles. The Morgan fingerprint density at radius 1 is 0.969 bits per heavy atom. The van der Waals surface area contributed by atoms with Gasteiger partial charge >= 0.3 is 0 Å². The van der Waals surface area contributed by atoms with Crippen molar-refractivity contribution in [1.29, 1.82) is 0 Å². The minimum Gasteiger partial charge on any atom is -0.506 e. The fourth-order valence-corrected chi connectivity index (χ4v) is 3.84. The van der Waals surface area contributed by atoms with Crippen LogP contribution in [-0.4, -0.2) is 45.9 Å². The molecule has 8 nitrogen and oxygen atoms in total. The summed E-state index contributed by atoms with van der Waals surface area (Å²) < 4.78 is 10.8. The number of nitrogens with zero attached hydrogens (tertiary/aromatic N) is 3. The summed E-state index contributed by atoms with van der Waals surface area (Å²) in [6.07, 6.45) is 6.41. The van der Waals surface area contributed by atoms with Crippen LogP contribution in [-0.2, 0) is 16.1 Å². The topological polar surface area (TPSA) is 102 Å². The van der Waals surface area contributed by atoms with Crippen molar-refractivity contribution in [1.82, 2.24) is 14.9 Å². The van der Waals surface area contributed by atoms with Crippen molar-refractivity contribution in [2.24, 2.45) is 0 Å². The number of hydrogen-bond acceptors (Lipinski definition) is 7. The number of Topliss-reactive ketones (excluding diaryl/α,β-unsaturated/α-hetero) is 1. The molecule has 162 valence electrons. The molecule has 4 rings (SSSR count). The van der Waals surface area contributed by atoms with Crippen LogP contribution in [0.4, 0.5) is 0 Å². The van der Waals surface area contributed by atoms with Crippen molar-refractivity contribution in [3.8, 4) is 11.5 Å². The monoisotopic (exact) mass is 431 g/mol. The van der Waals surface area contributed by atoms with Gasteiger partial charge < -0.3 is 19.5 Å². The zero-order valence-corrected chi connectivity index (χ0v) is 17.6. The first kappa shape index (κ1) is 21.0. The van der Waals surface area contributed by atoms with Gasteiger partial charge in [-0.3, -0.25) is 19.6 Å². The van der Waals surface area contributed by atoms with Crippen LogP contribution in [0.5, 0.6) is 11.5 Å². The van der Waals surface area contributed by atoms with Gasteiger partial charge in [0.25, 0.3) is 11.7 Å². The largest absolute Gasteiger partial charge is 0.506 e. The molecule has 1 amide bonds. The van der Waals surface area contributed by atoms with Gasteiger partial charge in [-0.15, -0.1) is 0 Å². The molecule has 1 aliphatic rings. The minimum absolute atomic E-state index is 0.0482. The SMILES string of the molecule is COc1cccc(OC)c1/C(O)=C1\C(=O)C(=O)N(Cc2cccnc2)C1c1ccncc1. The first-order valence-corrected chi connectivity index (χ1v) is 9.85. The Balaban J connectivity index is 1.92.